The van der Waals surface area contributed by atoms with Crippen LogP contribution in [0.1, 0.15) is 20.8 Å². The van der Waals surface area contributed by atoms with Crippen molar-refractivity contribution in [1.29, 1.82) is 0 Å². The highest BCUT2D eigenvalue weighted by molar-refractivity contribution is 5.77. The summed E-state index contributed by atoms with van der Waals surface area (Å²) in [5.74, 6) is 0. The Bertz CT molecular complexity index is 186. The molecule has 4 heteroatoms. The van der Waals surface area contributed by atoms with Gasteiger partial charge in [0.15, 0.2) is 0 Å². The van der Waals surface area contributed by atoms with Gasteiger partial charge in [-0.05, 0) is 20.8 Å². The average molecular weight is 172 g/mol. The molecular weight excluding hydrogens is 156 g/mol. The molecule has 0 aromatic heterocycles. The van der Waals surface area contributed by atoms with Crippen molar-refractivity contribution in [2.24, 2.45) is 0 Å². The van der Waals surface area contributed by atoms with E-state index in [-0.39, 0.29) is 24.2 Å². The van der Waals surface area contributed by atoms with Crippen LogP contribution in [0.15, 0.2) is 0 Å². The molecule has 2 amide bonds. The van der Waals surface area contributed by atoms with Crippen LogP contribution >= 0.6 is 0 Å². The lowest BCUT2D eigenvalue weighted by Crippen LogP contribution is -2.43. The molecule has 0 spiro atoms. The van der Waals surface area contributed by atoms with Gasteiger partial charge in [-0.15, -0.1) is 0 Å². The van der Waals surface area contributed by atoms with Crippen molar-refractivity contribution in [1.82, 2.24) is 10.2 Å². The summed E-state index contributed by atoms with van der Waals surface area (Å²) in [6, 6.07) is -0.182. The standard InChI is InChI=1S/C8H16N2O2/c1-8(2,3)10-4-6(5-11)9-7(10)12/h6,11H,4-5H2,1-3H3,(H,9,12)/t6-/m0/s1. The molecule has 0 bridgehead atoms. The Balaban J connectivity index is 2.64. The number of aliphatic hydroxyl groups is 1. The van der Waals surface area contributed by atoms with E-state index in [1.807, 2.05) is 20.8 Å². The number of carbonyl (C=O) groups is 1. The smallest absolute Gasteiger partial charge is 0.318 e. The Morgan fingerprint density at radius 1 is 1.67 bits per heavy atom. The predicted octanol–water partition coefficient (Wildman–Crippen LogP) is 0.171. The van der Waals surface area contributed by atoms with E-state index in [4.69, 9.17) is 5.11 Å². The lowest BCUT2D eigenvalue weighted by Gasteiger charge is -2.30. The lowest BCUT2D eigenvalue weighted by molar-refractivity contribution is 0.166. The largest absolute Gasteiger partial charge is 0.394 e. The van der Waals surface area contributed by atoms with E-state index in [0.717, 1.165) is 0 Å². The van der Waals surface area contributed by atoms with Crippen LogP contribution in [0.5, 0.6) is 0 Å². The van der Waals surface area contributed by atoms with Gasteiger partial charge in [-0.25, -0.2) is 4.79 Å². The summed E-state index contributed by atoms with van der Waals surface area (Å²) in [7, 11) is 0. The van der Waals surface area contributed by atoms with E-state index in [0.29, 0.717) is 6.54 Å². The first kappa shape index (κ1) is 9.32. The van der Waals surface area contributed by atoms with Crippen LogP contribution in [0.2, 0.25) is 0 Å². The fraction of sp³-hybridized carbons (Fsp3) is 0.875. The SMILES string of the molecule is CC(C)(C)N1C[C@@H](CO)NC1=O. The van der Waals surface area contributed by atoms with Crippen LogP contribution in [0.4, 0.5) is 4.79 Å². The van der Waals surface area contributed by atoms with Crippen molar-refractivity contribution in [3.05, 3.63) is 0 Å². The molecule has 12 heavy (non-hydrogen) atoms. The summed E-state index contributed by atoms with van der Waals surface area (Å²) in [6.07, 6.45) is 0. The molecule has 1 aliphatic heterocycles. The van der Waals surface area contributed by atoms with Crippen molar-refractivity contribution in [2.75, 3.05) is 13.2 Å². The Kier molecular flexibility index (Phi) is 2.28. The van der Waals surface area contributed by atoms with Gasteiger partial charge in [0, 0.05) is 12.1 Å². The minimum Gasteiger partial charge on any atom is -0.394 e. The van der Waals surface area contributed by atoms with E-state index < -0.39 is 0 Å². The summed E-state index contributed by atoms with van der Waals surface area (Å²) in [5, 5.41) is 11.5. The summed E-state index contributed by atoms with van der Waals surface area (Å²) in [4.78, 5) is 13.0. The molecule has 1 atom stereocenters. The molecule has 70 valence electrons. The number of nitrogens with one attached hydrogen (secondary N) is 1. The zero-order valence-electron chi connectivity index (χ0n) is 7.79. The van der Waals surface area contributed by atoms with E-state index in [1.165, 1.54) is 0 Å². The van der Waals surface area contributed by atoms with Crippen LogP contribution in [-0.4, -0.2) is 40.8 Å². The lowest BCUT2D eigenvalue weighted by atomic mass is 10.1. The van der Waals surface area contributed by atoms with Crippen LogP contribution in [-0.2, 0) is 0 Å². The van der Waals surface area contributed by atoms with Crippen molar-refractivity contribution < 1.29 is 9.90 Å². The Morgan fingerprint density at radius 2 is 2.25 bits per heavy atom. The molecule has 1 rings (SSSR count). The molecule has 1 saturated heterocycles. The second-order valence-electron chi connectivity index (χ2n) is 4.11. The fourth-order valence-corrected chi connectivity index (χ4v) is 1.28. The Labute approximate surface area is 72.6 Å². The van der Waals surface area contributed by atoms with Gasteiger partial charge >= 0.3 is 6.03 Å². The number of aliphatic hydroxyl groups excluding tert-OH is 1. The van der Waals surface area contributed by atoms with Crippen molar-refractivity contribution in [2.45, 2.75) is 32.4 Å². The maximum Gasteiger partial charge on any atom is 0.318 e. The van der Waals surface area contributed by atoms with Gasteiger partial charge in [0.25, 0.3) is 0 Å². The molecule has 0 unspecified atom stereocenters. The minimum absolute atomic E-state index is 0.0122. The molecule has 0 aliphatic carbocycles. The number of rotatable bonds is 1. The highest BCUT2D eigenvalue weighted by atomic mass is 16.3. The first-order valence-corrected chi connectivity index (χ1v) is 4.14. The van der Waals surface area contributed by atoms with Gasteiger partial charge in [0.1, 0.15) is 0 Å². The molecule has 0 aromatic carbocycles. The summed E-state index contributed by atoms with van der Waals surface area (Å²) < 4.78 is 0. The highest BCUT2D eigenvalue weighted by Crippen LogP contribution is 2.17. The van der Waals surface area contributed by atoms with Gasteiger partial charge in [0.2, 0.25) is 0 Å². The van der Waals surface area contributed by atoms with E-state index >= 15 is 0 Å². The van der Waals surface area contributed by atoms with Gasteiger partial charge in [-0.1, -0.05) is 0 Å². The zero-order valence-corrected chi connectivity index (χ0v) is 7.79. The fourth-order valence-electron chi connectivity index (χ4n) is 1.28. The van der Waals surface area contributed by atoms with Crippen LogP contribution in [0.3, 0.4) is 0 Å². The maximum atomic E-state index is 11.3. The normalized spacial score (nSPS) is 24.5. The molecule has 0 aromatic rings. The molecule has 0 radical (unpaired) electrons. The maximum absolute atomic E-state index is 11.3. The number of carbonyl (C=O) groups excluding carboxylic acids is 1. The average Bonchev–Trinajstić information content (AvgIpc) is 2.29. The third-order valence-electron chi connectivity index (χ3n) is 2.01. The molecule has 1 aliphatic rings. The van der Waals surface area contributed by atoms with Crippen molar-refractivity contribution in [3.8, 4) is 0 Å². The molecule has 2 N–H and O–H groups in total. The van der Waals surface area contributed by atoms with E-state index in [9.17, 15) is 4.79 Å². The van der Waals surface area contributed by atoms with Gasteiger partial charge in [-0.2, -0.15) is 0 Å². The predicted molar refractivity (Wildman–Crippen MR) is 45.9 cm³/mol. The van der Waals surface area contributed by atoms with Crippen molar-refractivity contribution >= 4 is 6.03 Å². The highest BCUT2D eigenvalue weighted by Gasteiger charge is 2.35. The van der Waals surface area contributed by atoms with Crippen molar-refractivity contribution in [3.63, 3.8) is 0 Å². The summed E-state index contributed by atoms with van der Waals surface area (Å²) >= 11 is 0. The second kappa shape index (κ2) is 2.94. The quantitative estimate of drug-likeness (QED) is 0.592. The Hall–Kier alpha value is -0.770. The minimum atomic E-state index is -0.159. The topological polar surface area (TPSA) is 52.6 Å². The number of amides is 2. The first-order valence-electron chi connectivity index (χ1n) is 4.14. The third kappa shape index (κ3) is 1.69. The molecule has 4 nitrogen and oxygen atoms in total. The van der Waals surface area contributed by atoms with E-state index in [2.05, 4.69) is 5.32 Å². The van der Waals surface area contributed by atoms with Gasteiger partial charge in [0.05, 0.1) is 12.6 Å². The Morgan fingerprint density at radius 3 is 2.50 bits per heavy atom. The van der Waals surface area contributed by atoms with Crippen LogP contribution < -0.4 is 5.32 Å². The molecule has 1 fully saturated rings. The molecular formula is C8H16N2O2. The third-order valence-corrected chi connectivity index (χ3v) is 2.01. The second-order valence-corrected chi connectivity index (χ2v) is 4.11. The number of hydrogen-bond donors (Lipinski definition) is 2. The monoisotopic (exact) mass is 172 g/mol. The molecule has 1 heterocycles. The summed E-state index contributed by atoms with van der Waals surface area (Å²) in [6.45, 7) is 6.54. The van der Waals surface area contributed by atoms with Crippen LogP contribution in [0, 0.1) is 0 Å². The van der Waals surface area contributed by atoms with Crippen LogP contribution in [0.25, 0.3) is 0 Å². The van der Waals surface area contributed by atoms with Gasteiger partial charge < -0.3 is 15.3 Å². The first-order chi connectivity index (χ1) is 5.45. The molecule has 0 saturated carbocycles. The number of urea groups is 1. The van der Waals surface area contributed by atoms with E-state index in [1.54, 1.807) is 4.90 Å². The number of nitrogens with zero attached hydrogens (tertiary/aromatic N) is 1. The number of hydrogen-bond acceptors (Lipinski definition) is 2. The summed E-state index contributed by atoms with van der Waals surface area (Å²) in [5.41, 5.74) is -0.159. The zero-order chi connectivity index (χ0) is 9.35. The van der Waals surface area contributed by atoms with Gasteiger partial charge in [-0.3, -0.25) is 0 Å².